The Morgan fingerprint density at radius 2 is 1.61 bits per heavy atom. The van der Waals surface area contributed by atoms with Gasteiger partial charge in [-0.15, -0.1) is 0 Å². The van der Waals surface area contributed by atoms with Crippen LogP contribution in [0.3, 0.4) is 0 Å². The SMILES string of the molecule is C=C/C(=C\C=C(/C)C(C)(C)C)CNC(=C)c1cc(OC(=C)C)cc(C(=C)C)c1. The first kappa shape index (κ1) is 23.3. The van der Waals surface area contributed by atoms with E-state index >= 15 is 0 Å². The van der Waals surface area contributed by atoms with Crippen molar-refractivity contribution in [1.82, 2.24) is 5.32 Å². The molecule has 0 heterocycles. The van der Waals surface area contributed by atoms with Crippen molar-refractivity contribution in [3.05, 3.63) is 90.8 Å². The van der Waals surface area contributed by atoms with Crippen LogP contribution in [0.15, 0.2) is 79.6 Å². The van der Waals surface area contributed by atoms with Gasteiger partial charge in [-0.2, -0.15) is 0 Å². The molecule has 1 N–H and O–H groups in total. The summed E-state index contributed by atoms with van der Waals surface area (Å²) in [4.78, 5) is 0. The van der Waals surface area contributed by atoms with Crippen LogP contribution in [0.2, 0.25) is 0 Å². The summed E-state index contributed by atoms with van der Waals surface area (Å²) in [5.74, 6) is 1.37. The lowest BCUT2D eigenvalue weighted by Gasteiger charge is -2.19. The van der Waals surface area contributed by atoms with Crippen LogP contribution >= 0.6 is 0 Å². The molecule has 0 fully saturated rings. The molecule has 0 amide bonds. The summed E-state index contributed by atoms with van der Waals surface area (Å²) in [5, 5.41) is 3.39. The third kappa shape index (κ3) is 7.48. The van der Waals surface area contributed by atoms with Gasteiger partial charge in [0.15, 0.2) is 0 Å². The highest BCUT2D eigenvalue weighted by Crippen LogP contribution is 2.26. The Morgan fingerprint density at radius 3 is 2.11 bits per heavy atom. The van der Waals surface area contributed by atoms with Gasteiger partial charge in [0.2, 0.25) is 0 Å². The molecule has 0 aliphatic heterocycles. The number of allylic oxidation sites excluding steroid dienone is 5. The fraction of sp³-hybridized carbons (Fsp3) is 0.308. The molecule has 1 aromatic rings. The van der Waals surface area contributed by atoms with E-state index in [2.05, 4.69) is 77.5 Å². The predicted octanol–water partition coefficient (Wildman–Crippen LogP) is 7.30. The molecule has 0 saturated heterocycles. The molecule has 0 aliphatic rings. The van der Waals surface area contributed by atoms with Crippen molar-refractivity contribution < 1.29 is 4.74 Å². The monoisotopic (exact) mass is 377 g/mol. The van der Waals surface area contributed by atoms with E-state index in [1.54, 1.807) is 0 Å². The number of ether oxygens (including phenoxy) is 1. The van der Waals surface area contributed by atoms with Gasteiger partial charge in [0, 0.05) is 17.8 Å². The molecule has 150 valence electrons. The van der Waals surface area contributed by atoms with Crippen molar-refractivity contribution in [2.75, 3.05) is 6.54 Å². The third-order valence-electron chi connectivity index (χ3n) is 4.54. The molecular formula is C26H35NO. The van der Waals surface area contributed by atoms with Crippen LogP contribution in [0.4, 0.5) is 0 Å². The summed E-state index contributed by atoms with van der Waals surface area (Å²) >= 11 is 0. The number of hydrogen-bond acceptors (Lipinski definition) is 2. The van der Waals surface area contributed by atoms with E-state index < -0.39 is 0 Å². The van der Waals surface area contributed by atoms with Crippen LogP contribution in [0.25, 0.3) is 11.3 Å². The summed E-state index contributed by atoms with van der Waals surface area (Å²) in [6, 6.07) is 5.98. The molecule has 1 aromatic carbocycles. The largest absolute Gasteiger partial charge is 0.463 e. The molecule has 28 heavy (non-hydrogen) atoms. The molecule has 0 aromatic heterocycles. The molecule has 0 spiro atoms. The minimum Gasteiger partial charge on any atom is -0.463 e. The summed E-state index contributed by atoms with van der Waals surface area (Å²) in [6.07, 6.45) is 6.13. The first-order valence-electron chi connectivity index (χ1n) is 9.52. The van der Waals surface area contributed by atoms with Gasteiger partial charge >= 0.3 is 0 Å². The smallest absolute Gasteiger partial charge is 0.128 e. The van der Waals surface area contributed by atoms with Gasteiger partial charge in [0.1, 0.15) is 5.75 Å². The number of nitrogens with one attached hydrogen (secondary N) is 1. The average Bonchev–Trinajstić information content (AvgIpc) is 2.59. The Hall–Kier alpha value is -2.74. The summed E-state index contributed by atoms with van der Waals surface area (Å²) < 4.78 is 5.70. The fourth-order valence-corrected chi connectivity index (χ4v) is 2.27. The molecule has 2 nitrogen and oxygen atoms in total. The minimum absolute atomic E-state index is 0.155. The van der Waals surface area contributed by atoms with Crippen molar-refractivity contribution in [2.45, 2.75) is 41.5 Å². The van der Waals surface area contributed by atoms with Crippen molar-refractivity contribution in [3.8, 4) is 5.75 Å². The van der Waals surface area contributed by atoms with Gasteiger partial charge in [0.25, 0.3) is 0 Å². The van der Waals surface area contributed by atoms with E-state index in [0.29, 0.717) is 12.3 Å². The zero-order chi connectivity index (χ0) is 21.5. The molecule has 0 aliphatic carbocycles. The molecule has 0 radical (unpaired) electrons. The Balaban J connectivity index is 3.00. The normalized spacial score (nSPS) is 12.4. The third-order valence-corrected chi connectivity index (χ3v) is 4.54. The van der Waals surface area contributed by atoms with Crippen molar-refractivity contribution in [2.24, 2.45) is 5.41 Å². The molecule has 0 atom stereocenters. The van der Waals surface area contributed by atoms with Crippen LogP contribution in [0.5, 0.6) is 5.75 Å². The zero-order valence-corrected chi connectivity index (χ0v) is 18.4. The maximum absolute atomic E-state index is 5.70. The molecule has 0 bridgehead atoms. The van der Waals surface area contributed by atoms with E-state index in [4.69, 9.17) is 4.74 Å². The van der Waals surface area contributed by atoms with Gasteiger partial charge in [-0.3, -0.25) is 0 Å². The number of hydrogen-bond donors (Lipinski definition) is 1. The van der Waals surface area contributed by atoms with Gasteiger partial charge in [-0.05, 0) is 55.5 Å². The lowest BCUT2D eigenvalue weighted by Crippen LogP contribution is -2.14. The van der Waals surface area contributed by atoms with E-state index in [9.17, 15) is 0 Å². The van der Waals surface area contributed by atoms with Gasteiger partial charge in [-0.1, -0.05) is 76.5 Å². The van der Waals surface area contributed by atoms with E-state index in [1.165, 1.54) is 5.57 Å². The highest BCUT2D eigenvalue weighted by Gasteiger charge is 2.11. The number of benzene rings is 1. The maximum Gasteiger partial charge on any atom is 0.128 e. The van der Waals surface area contributed by atoms with Crippen molar-refractivity contribution >= 4 is 11.3 Å². The zero-order valence-electron chi connectivity index (χ0n) is 18.4. The molecular weight excluding hydrogens is 342 g/mol. The Kier molecular flexibility index (Phi) is 8.31. The quantitative estimate of drug-likeness (QED) is 0.360. The first-order valence-corrected chi connectivity index (χ1v) is 9.52. The standard InChI is InChI=1S/C26H35NO/c1-11-22(13-12-20(6)26(8,9)10)17-27-21(7)24-14-23(18(2)3)15-25(16-24)28-19(4)5/h11-16,27H,1-2,4,7,17H2,3,5-6,8-10H3/b20-12+,22-13+. The van der Waals surface area contributed by atoms with Gasteiger partial charge in [-0.25, -0.2) is 0 Å². The van der Waals surface area contributed by atoms with E-state index in [-0.39, 0.29) is 5.41 Å². The van der Waals surface area contributed by atoms with Crippen LogP contribution in [-0.2, 0) is 0 Å². The van der Waals surface area contributed by atoms with Crippen LogP contribution in [-0.4, -0.2) is 6.54 Å². The van der Waals surface area contributed by atoms with Crippen LogP contribution in [0, 0.1) is 5.41 Å². The summed E-state index contributed by atoms with van der Waals surface area (Å²) in [6.45, 7) is 29.2. The maximum atomic E-state index is 5.70. The van der Waals surface area contributed by atoms with E-state index in [1.807, 2.05) is 32.1 Å². The second-order valence-corrected chi connectivity index (χ2v) is 8.21. The molecule has 2 heteroatoms. The summed E-state index contributed by atoms with van der Waals surface area (Å²) in [5.41, 5.74) is 6.33. The predicted molar refractivity (Wildman–Crippen MR) is 125 cm³/mol. The number of rotatable bonds is 9. The molecule has 0 saturated carbocycles. The highest BCUT2D eigenvalue weighted by molar-refractivity contribution is 5.71. The highest BCUT2D eigenvalue weighted by atomic mass is 16.5. The Morgan fingerprint density at radius 1 is 1.00 bits per heavy atom. The lowest BCUT2D eigenvalue weighted by molar-refractivity contribution is 0.430. The minimum atomic E-state index is 0.155. The van der Waals surface area contributed by atoms with Gasteiger partial charge < -0.3 is 10.1 Å². The van der Waals surface area contributed by atoms with Crippen LogP contribution < -0.4 is 10.1 Å². The second kappa shape index (κ2) is 9.98. The second-order valence-electron chi connectivity index (χ2n) is 8.21. The van der Waals surface area contributed by atoms with Crippen molar-refractivity contribution in [1.29, 1.82) is 0 Å². The topological polar surface area (TPSA) is 21.3 Å². The molecule has 1 rings (SSSR count). The molecule has 0 unspecified atom stereocenters. The summed E-state index contributed by atoms with van der Waals surface area (Å²) in [7, 11) is 0. The fourth-order valence-electron chi connectivity index (χ4n) is 2.27. The van der Waals surface area contributed by atoms with Gasteiger partial charge in [0.05, 0.1) is 5.76 Å². The van der Waals surface area contributed by atoms with Crippen LogP contribution in [0.1, 0.15) is 52.7 Å². The average molecular weight is 378 g/mol. The Labute approximate surface area is 171 Å². The van der Waals surface area contributed by atoms with Crippen molar-refractivity contribution in [3.63, 3.8) is 0 Å². The lowest BCUT2D eigenvalue weighted by atomic mass is 9.87. The Bertz CT molecular complexity index is 828. The first-order chi connectivity index (χ1) is 12.9. The van der Waals surface area contributed by atoms with E-state index in [0.717, 1.165) is 33.7 Å².